The van der Waals surface area contributed by atoms with Crippen molar-refractivity contribution in [1.82, 2.24) is 4.90 Å². The summed E-state index contributed by atoms with van der Waals surface area (Å²) in [5, 5.41) is 0. The fraction of sp³-hybridized carbons (Fsp3) is 0.308. The van der Waals surface area contributed by atoms with Gasteiger partial charge in [0.1, 0.15) is 5.60 Å². The SMILES string of the molecule is COC1(C)c2ccc(-c3ccc(-c4ccccc4)cc3)cc2CCC1N(C)C. The van der Waals surface area contributed by atoms with E-state index in [-0.39, 0.29) is 5.60 Å². The Labute approximate surface area is 168 Å². The summed E-state index contributed by atoms with van der Waals surface area (Å²) in [6, 6.07) is 26.7. The van der Waals surface area contributed by atoms with Crippen molar-refractivity contribution in [3.05, 3.63) is 83.9 Å². The average Bonchev–Trinajstić information content (AvgIpc) is 2.74. The summed E-state index contributed by atoms with van der Waals surface area (Å²) in [5.41, 5.74) is 7.51. The van der Waals surface area contributed by atoms with Crippen LogP contribution < -0.4 is 0 Å². The Balaban J connectivity index is 1.67. The first-order valence-corrected chi connectivity index (χ1v) is 10.0. The molecule has 0 N–H and O–H groups in total. The smallest absolute Gasteiger partial charge is 0.106 e. The fourth-order valence-corrected chi connectivity index (χ4v) is 4.69. The van der Waals surface area contributed by atoms with Gasteiger partial charge in [-0.05, 0) is 67.2 Å². The molecular formula is C26H29NO. The summed E-state index contributed by atoms with van der Waals surface area (Å²) in [4.78, 5) is 2.29. The number of nitrogens with zero attached hydrogens (tertiary/aromatic N) is 1. The molecule has 28 heavy (non-hydrogen) atoms. The van der Waals surface area contributed by atoms with E-state index in [1.54, 1.807) is 0 Å². The molecule has 0 spiro atoms. The number of hydrogen-bond donors (Lipinski definition) is 0. The van der Waals surface area contributed by atoms with Crippen molar-refractivity contribution in [3.8, 4) is 22.3 Å². The third-order valence-corrected chi connectivity index (χ3v) is 6.34. The lowest BCUT2D eigenvalue weighted by Crippen LogP contribution is -2.50. The first kappa shape index (κ1) is 18.9. The monoisotopic (exact) mass is 371 g/mol. The second-order valence-corrected chi connectivity index (χ2v) is 8.14. The van der Waals surface area contributed by atoms with Crippen LogP contribution in [0.15, 0.2) is 72.8 Å². The van der Waals surface area contributed by atoms with Gasteiger partial charge in [-0.25, -0.2) is 0 Å². The van der Waals surface area contributed by atoms with Gasteiger partial charge >= 0.3 is 0 Å². The normalized spacial score (nSPS) is 21.5. The van der Waals surface area contributed by atoms with Gasteiger partial charge in [-0.1, -0.05) is 72.8 Å². The van der Waals surface area contributed by atoms with Crippen LogP contribution in [0.3, 0.4) is 0 Å². The maximum Gasteiger partial charge on any atom is 0.106 e. The first-order chi connectivity index (χ1) is 13.5. The Kier molecular flexibility index (Phi) is 5.09. The summed E-state index contributed by atoms with van der Waals surface area (Å²) < 4.78 is 6.05. The van der Waals surface area contributed by atoms with E-state index in [4.69, 9.17) is 4.74 Å². The summed E-state index contributed by atoms with van der Waals surface area (Å²) >= 11 is 0. The Bertz CT molecular complexity index is 946. The van der Waals surface area contributed by atoms with Crippen LogP contribution in [-0.2, 0) is 16.8 Å². The Morgan fingerprint density at radius 2 is 1.39 bits per heavy atom. The molecule has 2 atom stereocenters. The molecule has 0 fully saturated rings. The van der Waals surface area contributed by atoms with Gasteiger partial charge in [0.2, 0.25) is 0 Å². The van der Waals surface area contributed by atoms with Gasteiger partial charge < -0.3 is 9.64 Å². The predicted molar refractivity (Wildman–Crippen MR) is 117 cm³/mol. The van der Waals surface area contributed by atoms with Crippen LogP contribution in [-0.4, -0.2) is 32.1 Å². The van der Waals surface area contributed by atoms with E-state index in [0.29, 0.717) is 6.04 Å². The van der Waals surface area contributed by atoms with Gasteiger partial charge in [-0.3, -0.25) is 0 Å². The zero-order valence-corrected chi connectivity index (χ0v) is 17.3. The summed E-state index contributed by atoms with van der Waals surface area (Å²) in [5.74, 6) is 0. The van der Waals surface area contributed by atoms with E-state index in [9.17, 15) is 0 Å². The highest BCUT2D eigenvalue weighted by molar-refractivity contribution is 5.71. The van der Waals surface area contributed by atoms with Gasteiger partial charge in [0.15, 0.2) is 0 Å². The van der Waals surface area contributed by atoms with Crippen molar-refractivity contribution in [1.29, 1.82) is 0 Å². The average molecular weight is 372 g/mol. The number of hydrogen-bond acceptors (Lipinski definition) is 2. The highest BCUT2D eigenvalue weighted by Crippen LogP contribution is 2.41. The molecule has 1 aliphatic rings. The van der Waals surface area contributed by atoms with Gasteiger partial charge in [0, 0.05) is 13.2 Å². The Morgan fingerprint density at radius 3 is 2.00 bits per heavy atom. The highest BCUT2D eigenvalue weighted by Gasteiger charge is 2.41. The molecule has 2 heteroatoms. The first-order valence-electron chi connectivity index (χ1n) is 10.0. The predicted octanol–water partition coefficient (Wildman–Crippen LogP) is 5.76. The van der Waals surface area contributed by atoms with E-state index in [1.807, 2.05) is 7.11 Å². The maximum atomic E-state index is 6.05. The van der Waals surface area contributed by atoms with Gasteiger partial charge in [-0.15, -0.1) is 0 Å². The van der Waals surface area contributed by atoms with Crippen molar-refractivity contribution >= 4 is 0 Å². The van der Waals surface area contributed by atoms with E-state index in [1.165, 1.54) is 33.4 Å². The highest BCUT2D eigenvalue weighted by atomic mass is 16.5. The largest absolute Gasteiger partial charge is 0.372 e. The van der Waals surface area contributed by atoms with Crippen molar-refractivity contribution in [2.24, 2.45) is 0 Å². The van der Waals surface area contributed by atoms with E-state index in [0.717, 1.165) is 12.8 Å². The molecule has 0 aliphatic heterocycles. The number of fused-ring (bicyclic) bond motifs is 1. The zero-order chi connectivity index (χ0) is 19.7. The molecule has 0 heterocycles. The van der Waals surface area contributed by atoms with Crippen LogP contribution in [0.1, 0.15) is 24.5 Å². The maximum absolute atomic E-state index is 6.05. The van der Waals surface area contributed by atoms with E-state index >= 15 is 0 Å². The molecule has 0 saturated carbocycles. The van der Waals surface area contributed by atoms with Crippen molar-refractivity contribution in [2.75, 3.05) is 21.2 Å². The molecule has 4 rings (SSSR count). The Hall–Kier alpha value is -2.42. The number of ether oxygens (including phenoxy) is 1. The van der Waals surface area contributed by atoms with Crippen molar-refractivity contribution in [2.45, 2.75) is 31.4 Å². The van der Waals surface area contributed by atoms with Crippen LogP contribution in [0.2, 0.25) is 0 Å². The molecule has 144 valence electrons. The van der Waals surface area contributed by atoms with Crippen LogP contribution in [0.25, 0.3) is 22.3 Å². The molecule has 0 amide bonds. The lowest BCUT2D eigenvalue weighted by molar-refractivity contribution is -0.0686. The second kappa shape index (κ2) is 7.54. The quantitative estimate of drug-likeness (QED) is 0.578. The molecule has 0 saturated heterocycles. The third kappa shape index (κ3) is 3.28. The van der Waals surface area contributed by atoms with Crippen LogP contribution >= 0.6 is 0 Å². The van der Waals surface area contributed by atoms with Crippen molar-refractivity contribution < 1.29 is 4.74 Å². The number of methoxy groups -OCH3 is 1. The standard InChI is InChI=1S/C26H29NO/c1-26(28-4)24-16-14-22(18-23(24)15-17-25(26)27(2)3)21-12-10-20(11-13-21)19-8-6-5-7-9-19/h5-14,16,18,25H,15,17H2,1-4H3. The molecule has 2 unspecified atom stereocenters. The van der Waals surface area contributed by atoms with E-state index in [2.05, 4.69) is 98.7 Å². The molecular weight excluding hydrogens is 342 g/mol. The van der Waals surface area contributed by atoms with E-state index < -0.39 is 0 Å². The summed E-state index contributed by atoms with van der Waals surface area (Å²) in [6.07, 6.45) is 2.20. The van der Waals surface area contributed by atoms with Gasteiger partial charge in [0.05, 0.1) is 0 Å². The zero-order valence-electron chi connectivity index (χ0n) is 17.3. The molecule has 0 aromatic heterocycles. The van der Waals surface area contributed by atoms with Gasteiger partial charge in [0.25, 0.3) is 0 Å². The summed E-state index contributed by atoms with van der Waals surface area (Å²) in [7, 11) is 6.13. The topological polar surface area (TPSA) is 12.5 Å². The second-order valence-electron chi connectivity index (χ2n) is 8.14. The molecule has 2 nitrogen and oxygen atoms in total. The van der Waals surface area contributed by atoms with Crippen LogP contribution in [0, 0.1) is 0 Å². The lowest BCUT2D eigenvalue weighted by atomic mass is 9.75. The minimum atomic E-state index is -0.271. The number of likely N-dealkylation sites (N-methyl/N-ethyl adjacent to an activating group) is 1. The summed E-state index contributed by atoms with van der Waals surface area (Å²) in [6.45, 7) is 2.23. The minimum Gasteiger partial charge on any atom is -0.372 e. The minimum absolute atomic E-state index is 0.271. The fourth-order valence-electron chi connectivity index (χ4n) is 4.69. The van der Waals surface area contributed by atoms with Crippen LogP contribution in [0.5, 0.6) is 0 Å². The Morgan fingerprint density at radius 1 is 0.821 bits per heavy atom. The third-order valence-electron chi connectivity index (χ3n) is 6.34. The number of rotatable bonds is 4. The molecule has 1 aliphatic carbocycles. The van der Waals surface area contributed by atoms with Crippen molar-refractivity contribution in [3.63, 3.8) is 0 Å². The molecule has 3 aromatic carbocycles. The number of aryl methyl sites for hydroxylation is 1. The lowest BCUT2D eigenvalue weighted by Gasteiger charge is -2.45. The molecule has 0 bridgehead atoms. The van der Waals surface area contributed by atoms with Gasteiger partial charge in [-0.2, -0.15) is 0 Å². The molecule has 3 aromatic rings. The molecule has 0 radical (unpaired) electrons. The van der Waals surface area contributed by atoms with Crippen LogP contribution in [0.4, 0.5) is 0 Å². The number of benzene rings is 3.